The predicted octanol–water partition coefficient (Wildman–Crippen LogP) is 12.6. The summed E-state index contributed by atoms with van der Waals surface area (Å²) in [5.41, 5.74) is 2.27. The van der Waals surface area contributed by atoms with Crippen LogP contribution in [-0.4, -0.2) is 4.92 Å². The highest BCUT2D eigenvalue weighted by molar-refractivity contribution is 14.1. The number of hydrogen-bond acceptors (Lipinski definition) is 2. The van der Waals surface area contributed by atoms with Crippen LogP contribution in [0.3, 0.4) is 0 Å². The number of allylic oxidation sites excluding steroid dienone is 2. The van der Waals surface area contributed by atoms with Crippen molar-refractivity contribution < 1.29 is 22.5 Å². The summed E-state index contributed by atoms with van der Waals surface area (Å²) >= 11 is 1.95. The first-order chi connectivity index (χ1) is 22.7. The van der Waals surface area contributed by atoms with Gasteiger partial charge in [-0.05, 0) is 120 Å². The lowest BCUT2D eigenvalue weighted by molar-refractivity contribution is -0.385. The zero-order valence-corrected chi connectivity index (χ0v) is 28.4. The maximum atomic E-state index is 13.5. The van der Waals surface area contributed by atoms with Crippen LogP contribution in [0.25, 0.3) is 0 Å². The zero-order valence-electron chi connectivity index (χ0n) is 26.3. The fraction of sp³-hybridized carbons (Fsp3) is 0.333. The van der Waals surface area contributed by atoms with Gasteiger partial charge in [-0.25, -0.2) is 17.6 Å². The maximum absolute atomic E-state index is 13.5. The van der Waals surface area contributed by atoms with Gasteiger partial charge in [-0.2, -0.15) is 0 Å². The van der Waals surface area contributed by atoms with Gasteiger partial charge in [0.15, 0.2) is 0 Å². The normalized spacial score (nSPS) is 17.2. The molecule has 0 saturated heterocycles. The summed E-state index contributed by atoms with van der Waals surface area (Å²) in [4.78, 5) is 10.1. The van der Waals surface area contributed by atoms with Crippen LogP contribution >= 0.6 is 22.6 Å². The van der Waals surface area contributed by atoms with Crippen LogP contribution in [0.2, 0.25) is 0 Å². The summed E-state index contributed by atoms with van der Waals surface area (Å²) in [5.74, 6) is 0.418. The van der Waals surface area contributed by atoms with E-state index < -0.39 is 4.92 Å². The van der Waals surface area contributed by atoms with Crippen molar-refractivity contribution in [3.05, 3.63) is 157 Å². The monoisotopic (exact) mass is 757 g/mol. The standard InChI is InChI=1S/C11H12FNO2.C11H13F.C11H11F.C6H4FI/c12-11-6-5-9(13(14)15)7-10(11)8-3-1-2-4-8;2*12-11-8-4-3-7-10(11)9-5-1-2-6-9;7-5-3-1-2-4-6(5)8/h5-8H,1-4H2;3-4,7-9H,1-2,5-6H2;1,3-5,7-9H,2,6H2;1-4H. The Morgan fingerprint density at radius 2 is 1.09 bits per heavy atom. The van der Waals surface area contributed by atoms with Crippen LogP contribution in [-0.2, 0) is 0 Å². The van der Waals surface area contributed by atoms with Crippen molar-refractivity contribution in [3.63, 3.8) is 0 Å². The van der Waals surface area contributed by atoms with Crippen LogP contribution in [0.4, 0.5) is 23.2 Å². The Morgan fingerprint density at radius 3 is 1.55 bits per heavy atom. The average Bonchev–Trinajstić information content (AvgIpc) is 3.89. The molecule has 0 spiro atoms. The fourth-order valence-electron chi connectivity index (χ4n) is 6.34. The first-order valence-electron chi connectivity index (χ1n) is 16.2. The molecule has 0 aliphatic heterocycles. The Bertz CT molecular complexity index is 1600. The molecule has 0 amide bonds. The molecule has 2 fully saturated rings. The topological polar surface area (TPSA) is 43.1 Å². The number of benzene rings is 4. The van der Waals surface area contributed by atoms with E-state index in [2.05, 4.69) is 12.2 Å². The van der Waals surface area contributed by atoms with Crippen molar-refractivity contribution in [2.24, 2.45) is 0 Å². The van der Waals surface area contributed by atoms with Gasteiger partial charge in [0.25, 0.3) is 5.69 Å². The molecular formula is C39H40F4INO2. The molecule has 0 aromatic heterocycles. The van der Waals surface area contributed by atoms with E-state index >= 15 is 0 Å². The number of rotatable bonds is 4. The highest BCUT2D eigenvalue weighted by Crippen LogP contribution is 2.37. The Morgan fingerprint density at radius 1 is 0.596 bits per heavy atom. The van der Waals surface area contributed by atoms with Gasteiger partial charge < -0.3 is 0 Å². The lowest BCUT2D eigenvalue weighted by Crippen LogP contribution is -1.98. The van der Waals surface area contributed by atoms with E-state index in [0.29, 0.717) is 21.0 Å². The Balaban J connectivity index is 0.000000145. The molecule has 4 aromatic rings. The summed E-state index contributed by atoms with van der Waals surface area (Å²) in [7, 11) is 0. The number of nitro benzene ring substituents is 1. The third kappa shape index (κ3) is 11.0. The van der Waals surface area contributed by atoms with E-state index in [-0.39, 0.29) is 34.9 Å². The van der Waals surface area contributed by atoms with Gasteiger partial charge >= 0.3 is 0 Å². The van der Waals surface area contributed by atoms with Crippen LogP contribution < -0.4 is 0 Å². The van der Waals surface area contributed by atoms with Gasteiger partial charge in [-0.15, -0.1) is 0 Å². The lowest BCUT2D eigenvalue weighted by atomic mass is 9.97. The minimum absolute atomic E-state index is 0.0155. The molecule has 4 aromatic carbocycles. The van der Waals surface area contributed by atoms with Crippen LogP contribution in [0, 0.1) is 37.0 Å². The van der Waals surface area contributed by atoms with Crippen molar-refractivity contribution in [2.75, 3.05) is 0 Å². The minimum Gasteiger partial charge on any atom is -0.258 e. The molecule has 3 aliphatic carbocycles. The average molecular weight is 758 g/mol. The Labute approximate surface area is 288 Å². The summed E-state index contributed by atoms with van der Waals surface area (Å²) in [6, 6.07) is 24.7. The molecule has 248 valence electrons. The van der Waals surface area contributed by atoms with E-state index in [1.165, 1.54) is 56.0 Å². The quantitative estimate of drug-likeness (QED) is 0.0684. The minimum atomic E-state index is -0.474. The van der Waals surface area contributed by atoms with Crippen LogP contribution in [0.1, 0.15) is 98.7 Å². The molecule has 0 bridgehead atoms. The summed E-state index contributed by atoms with van der Waals surface area (Å²) in [6.45, 7) is 0. The molecule has 3 aliphatic rings. The number of nitro groups is 1. The van der Waals surface area contributed by atoms with Crippen molar-refractivity contribution >= 4 is 28.3 Å². The van der Waals surface area contributed by atoms with Crippen LogP contribution in [0.15, 0.2) is 103 Å². The van der Waals surface area contributed by atoms with Gasteiger partial charge in [0, 0.05) is 21.6 Å². The SMILES string of the molecule is Fc1ccccc1C1C=CCC1.Fc1ccccc1C1CCCC1.Fc1ccccc1I.O=[N+]([O-])c1ccc(F)c(C2CCCC2)c1. The van der Waals surface area contributed by atoms with Crippen molar-refractivity contribution in [3.8, 4) is 0 Å². The summed E-state index contributed by atoms with van der Waals surface area (Å²) in [6.07, 6.45) is 15.3. The molecule has 8 heteroatoms. The maximum Gasteiger partial charge on any atom is 0.269 e. The molecular weight excluding hydrogens is 717 g/mol. The third-order valence-corrected chi connectivity index (χ3v) is 9.70. The molecule has 7 rings (SSSR count). The van der Waals surface area contributed by atoms with E-state index in [4.69, 9.17) is 0 Å². The van der Waals surface area contributed by atoms with Crippen LogP contribution in [0.5, 0.6) is 0 Å². The molecule has 3 nitrogen and oxygen atoms in total. The fourth-order valence-corrected chi connectivity index (χ4v) is 6.73. The second kappa shape index (κ2) is 18.7. The first-order valence-corrected chi connectivity index (χ1v) is 17.3. The van der Waals surface area contributed by atoms with Crippen molar-refractivity contribution in [1.29, 1.82) is 0 Å². The zero-order chi connectivity index (χ0) is 33.6. The second-order valence-corrected chi connectivity index (χ2v) is 13.2. The number of non-ortho nitro benzene ring substituents is 1. The number of nitrogens with zero attached hydrogens (tertiary/aromatic N) is 1. The Kier molecular flexibility index (Phi) is 14.5. The molecule has 47 heavy (non-hydrogen) atoms. The molecule has 1 atom stereocenters. The third-order valence-electron chi connectivity index (χ3n) is 8.83. The van der Waals surface area contributed by atoms with Gasteiger partial charge in [-0.3, -0.25) is 10.1 Å². The Hall–Kier alpha value is -3.53. The summed E-state index contributed by atoms with van der Waals surface area (Å²) in [5, 5.41) is 10.6. The van der Waals surface area contributed by atoms with Crippen molar-refractivity contribution in [1.82, 2.24) is 0 Å². The van der Waals surface area contributed by atoms with E-state index in [1.54, 1.807) is 30.3 Å². The van der Waals surface area contributed by atoms with Crippen molar-refractivity contribution in [2.45, 2.75) is 82.0 Å². The first kappa shape index (κ1) is 36.3. The van der Waals surface area contributed by atoms with E-state index in [1.807, 2.05) is 52.9 Å². The predicted molar refractivity (Wildman–Crippen MR) is 189 cm³/mol. The van der Waals surface area contributed by atoms with Gasteiger partial charge in [0.1, 0.15) is 23.3 Å². The van der Waals surface area contributed by atoms with Gasteiger partial charge in [0.05, 0.1) is 4.92 Å². The molecule has 0 N–H and O–H groups in total. The molecule has 2 saturated carbocycles. The highest BCUT2D eigenvalue weighted by Gasteiger charge is 2.22. The number of hydrogen-bond donors (Lipinski definition) is 0. The largest absolute Gasteiger partial charge is 0.269 e. The second-order valence-electron chi connectivity index (χ2n) is 12.0. The number of halogens is 5. The molecule has 0 radical (unpaired) electrons. The van der Waals surface area contributed by atoms with E-state index in [0.717, 1.165) is 49.7 Å². The summed E-state index contributed by atoms with van der Waals surface area (Å²) < 4.78 is 52.9. The molecule has 1 unspecified atom stereocenters. The highest BCUT2D eigenvalue weighted by atomic mass is 127. The molecule has 0 heterocycles. The van der Waals surface area contributed by atoms with Gasteiger partial charge in [-0.1, -0.05) is 86.4 Å². The van der Waals surface area contributed by atoms with Gasteiger partial charge in [0.2, 0.25) is 0 Å². The van der Waals surface area contributed by atoms with E-state index in [9.17, 15) is 27.7 Å². The lowest BCUT2D eigenvalue weighted by Gasteiger charge is -2.09. The smallest absolute Gasteiger partial charge is 0.258 e.